The Labute approximate surface area is 131 Å². The van der Waals surface area contributed by atoms with Crippen LogP contribution in [0.4, 0.5) is 4.79 Å². The lowest BCUT2D eigenvalue weighted by atomic mass is 9.97. The standard InChI is InChI=1S/C16H24N2O4/c1-6-13(18(20)21)14(12-9-7-11(2)8-10-12)17-15(19)22-16(3,4)5/h7-10,13-14H,6H2,1-5H3,(H,17,19)/t13-,14-/m1/s1. The van der Waals surface area contributed by atoms with Gasteiger partial charge in [-0.25, -0.2) is 4.79 Å². The molecule has 122 valence electrons. The number of aryl methyl sites for hydroxylation is 1. The highest BCUT2D eigenvalue weighted by Gasteiger charge is 2.33. The van der Waals surface area contributed by atoms with Crippen LogP contribution in [0.5, 0.6) is 0 Å². The van der Waals surface area contributed by atoms with Crippen molar-refractivity contribution in [2.24, 2.45) is 0 Å². The number of nitro groups is 1. The summed E-state index contributed by atoms with van der Waals surface area (Å²) in [5.41, 5.74) is 1.09. The van der Waals surface area contributed by atoms with E-state index < -0.39 is 23.8 Å². The normalized spacial score (nSPS) is 14.0. The number of rotatable bonds is 5. The highest BCUT2D eigenvalue weighted by atomic mass is 16.6. The number of nitrogens with zero attached hydrogens (tertiary/aromatic N) is 1. The Balaban J connectivity index is 3.03. The smallest absolute Gasteiger partial charge is 0.408 e. The van der Waals surface area contributed by atoms with Crippen LogP contribution in [0, 0.1) is 17.0 Å². The third kappa shape index (κ3) is 5.35. The van der Waals surface area contributed by atoms with E-state index in [1.54, 1.807) is 39.8 Å². The van der Waals surface area contributed by atoms with Gasteiger partial charge in [0.25, 0.3) is 0 Å². The summed E-state index contributed by atoms with van der Waals surface area (Å²) in [7, 11) is 0. The number of carbonyl (C=O) groups is 1. The first-order valence-corrected chi connectivity index (χ1v) is 7.33. The fourth-order valence-electron chi connectivity index (χ4n) is 2.12. The van der Waals surface area contributed by atoms with Gasteiger partial charge in [0, 0.05) is 11.3 Å². The zero-order valence-corrected chi connectivity index (χ0v) is 13.8. The lowest BCUT2D eigenvalue weighted by Gasteiger charge is -2.25. The van der Waals surface area contributed by atoms with Crippen LogP contribution in [0.3, 0.4) is 0 Å². The zero-order valence-electron chi connectivity index (χ0n) is 13.8. The summed E-state index contributed by atoms with van der Waals surface area (Å²) in [5.74, 6) is 0. The molecule has 1 amide bonds. The topological polar surface area (TPSA) is 81.5 Å². The second kappa shape index (κ2) is 7.24. The van der Waals surface area contributed by atoms with Crippen LogP contribution in [0.15, 0.2) is 24.3 Å². The Morgan fingerprint density at radius 1 is 1.32 bits per heavy atom. The van der Waals surface area contributed by atoms with E-state index in [-0.39, 0.29) is 4.92 Å². The third-order valence-corrected chi connectivity index (χ3v) is 3.18. The van der Waals surface area contributed by atoms with E-state index in [9.17, 15) is 14.9 Å². The monoisotopic (exact) mass is 308 g/mol. The van der Waals surface area contributed by atoms with Crippen LogP contribution < -0.4 is 5.32 Å². The van der Waals surface area contributed by atoms with Gasteiger partial charge in [-0.3, -0.25) is 10.1 Å². The van der Waals surface area contributed by atoms with E-state index in [1.807, 2.05) is 19.1 Å². The molecule has 1 aromatic carbocycles. The molecule has 0 saturated carbocycles. The van der Waals surface area contributed by atoms with Crippen LogP contribution in [0.2, 0.25) is 0 Å². The van der Waals surface area contributed by atoms with Crippen molar-refractivity contribution in [1.29, 1.82) is 0 Å². The van der Waals surface area contributed by atoms with Gasteiger partial charge >= 0.3 is 6.09 Å². The summed E-state index contributed by atoms with van der Waals surface area (Å²) in [6, 6.07) is 5.69. The van der Waals surface area contributed by atoms with Crippen molar-refractivity contribution >= 4 is 6.09 Å². The van der Waals surface area contributed by atoms with E-state index in [1.165, 1.54) is 0 Å². The minimum Gasteiger partial charge on any atom is -0.444 e. The number of hydrogen-bond acceptors (Lipinski definition) is 4. The fraction of sp³-hybridized carbons (Fsp3) is 0.562. The lowest BCUT2D eigenvalue weighted by Crippen LogP contribution is -2.42. The molecular formula is C16H24N2O4. The van der Waals surface area contributed by atoms with Crippen LogP contribution in [-0.2, 0) is 4.74 Å². The van der Waals surface area contributed by atoms with Gasteiger partial charge in [0.15, 0.2) is 0 Å². The zero-order chi connectivity index (χ0) is 16.9. The van der Waals surface area contributed by atoms with Gasteiger partial charge in [0.05, 0.1) is 0 Å². The predicted molar refractivity (Wildman–Crippen MR) is 84.4 cm³/mol. The molecule has 1 N–H and O–H groups in total. The summed E-state index contributed by atoms with van der Waals surface area (Å²) in [6.45, 7) is 8.91. The van der Waals surface area contributed by atoms with Crippen LogP contribution in [0.1, 0.15) is 51.3 Å². The number of carbonyl (C=O) groups excluding carboxylic acids is 1. The van der Waals surface area contributed by atoms with Crippen molar-refractivity contribution in [1.82, 2.24) is 5.32 Å². The number of nitrogens with one attached hydrogen (secondary N) is 1. The van der Waals surface area contributed by atoms with E-state index in [0.29, 0.717) is 12.0 Å². The SMILES string of the molecule is CC[C@H]([C@H](NC(=O)OC(C)(C)C)c1ccc(C)cc1)[N+](=O)[O-]. The fourth-order valence-corrected chi connectivity index (χ4v) is 2.12. The third-order valence-electron chi connectivity index (χ3n) is 3.18. The number of hydrogen-bond donors (Lipinski definition) is 1. The highest BCUT2D eigenvalue weighted by molar-refractivity contribution is 5.68. The Hall–Kier alpha value is -2.11. The molecule has 1 rings (SSSR count). The van der Waals surface area contributed by atoms with Crippen molar-refractivity contribution in [2.75, 3.05) is 0 Å². The maximum absolute atomic E-state index is 12.0. The highest BCUT2D eigenvalue weighted by Crippen LogP contribution is 2.22. The van der Waals surface area contributed by atoms with E-state index in [4.69, 9.17) is 4.74 Å². The molecule has 2 atom stereocenters. The molecule has 0 bridgehead atoms. The molecule has 0 aliphatic carbocycles. The van der Waals surface area contributed by atoms with Gasteiger partial charge in [-0.05, 0) is 33.3 Å². The first kappa shape index (κ1) is 17.9. The van der Waals surface area contributed by atoms with Crippen LogP contribution in [-0.4, -0.2) is 22.7 Å². The largest absolute Gasteiger partial charge is 0.444 e. The number of amides is 1. The van der Waals surface area contributed by atoms with E-state index in [0.717, 1.165) is 5.56 Å². The summed E-state index contributed by atoms with van der Waals surface area (Å²) in [4.78, 5) is 22.9. The molecule has 0 aliphatic rings. The van der Waals surface area contributed by atoms with Gasteiger partial charge < -0.3 is 10.1 Å². The van der Waals surface area contributed by atoms with Crippen molar-refractivity contribution in [3.05, 3.63) is 45.5 Å². The molecule has 0 radical (unpaired) electrons. The Bertz CT molecular complexity index is 520. The maximum Gasteiger partial charge on any atom is 0.408 e. The first-order valence-electron chi connectivity index (χ1n) is 7.33. The average molecular weight is 308 g/mol. The van der Waals surface area contributed by atoms with Crippen molar-refractivity contribution < 1.29 is 14.5 Å². The molecule has 22 heavy (non-hydrogen) atoms. The molecule has 0 aromatic heterocycles. The molecule has 0 heterocycles. The van der Waals surface area contributed by atoms with E-state index in [2.05, 4.69) is 5.32 Å². The molecular weight excluding hydrogens is 284 g/mol. The number of benzene rings is 1. The van der Waals surface area contributed by atoms with Crippen molar-refractivity contribution in [3.8, 4) is 0 Å². The number of alkyl carbamates (subject to hydrolysis) is 1. The van der Waals surface area contributed by atoms with Gasteiger partial charge in [0.2, 0.25) is 6.04 Å². The summed E-state index contributed by atoms with van der Waals surface area (Å²) < 4.78 is 5.22. The molecule has 6 heteroatoms. The van der Waals surface area contributed by atoms with Crippen molar-refractivity contribution in [2.45, 2.75) is 58.7 Å². The Morgan fingerprint density at radius 3 is 2.27 bits per heavy atom. The average Bonchev–Trinajstić information content (AvgIpc) is 2.36. The van der Waals surface area contributed by atoms with E-state index >= 15 is 0 Å². The van der Waals surface area contributed by atoms with Crippen LogP contribution >= 0.6 is 0 Å². The molecule has 0 fully saturated rings. The Morgan fingerprint density at radius 2 is 1.86 bits per heavy atom. The van der Waals surface area contributed by atoms with Gasteiger partial charge in [-0.15, -0.1) is 0 Å². The molecule has 0 saturated heterocycles. The maximum atomic E-state index is 12.0. The van der Waals surface area contributed by atoms with Gasteiger partial charge in [-0.2, -0.15) is 0 Å². The molecule has 6 nitrogen and oxygen atoms in total. The second-order valence-electron chi connectivity index (χ2n) is 6.30. The summed E-state index contributed by atoms with van der Waals surface area (Å²) in [6.07, 6.45) is -0.347. The summed E-state index contributed by atoms with van der Waals surface area (Å²) in [5, 5.41) is 13.9. The summed E-state index contributed by atoms with van der Waals surface area (Å²) >= 11 is 0. The van der Waals surface area contributed by atoms with Gasteiger partial charge in [-0.1, -0.05) is 36.8 Å². The molecule has 0 unspecified atom stereocenters. The lowest BCUT2D eigenvalue weighted by molar-refractivity contribution is -0.528. The molecule has 1 aromatic rings. The predicted octanol–water partition coefficient (Wildman–Crippen LogP) is 3.62. The number of ether oxygens (including phenoxy) is 1. The minimum atomic E-state index is -0.907. The minimum absolute atomic E-state index is 0.307. The molecule has 0 spiro atoms. The quantitative estimate of drug-likeness (QED) is 0.665. The molecule has 0 aliphatic heterocycles. The Kier molecular flexibility index (Phi) is 5.91. The van der Waals surface area contributed by atoms with Crippen LogP contribution in [0.25, 0.3) is 0 Å². The first-order chi connectivity index (χ1) is 10.1. The van der Waals surface area contributed by atoms with Gasteiger partial charge in [0.1, 0.15) is 11.6 Å². The van der Waals surface area contributed by atoms with Crippen molar-refractivity contribution in [3.63, 3.8) is 0 Å². The second-order valence-corrected chi connectivity index (χ2v) is 6.30.